The number of aromatic nitrogens is 1. The summed E-state index contributed by atoms with van der Waals surface area (Å²) in [5.41, 5.74) is 3.71. The molecule has 2 heterocycles. The minimum atomic E-state index is 0.536. The van der Waals surface area contributed by atoms with Gasteiger partial charge in [-0.25, -0.2) is 0 Å². The lowest BCUT2D eigenvalue weighted by molar-refractivity contribution is 0.193. The number of pyridine rings is 1. The Bertz CT molecular complexity index is 397. The van der Waals surface area contributed by atoms with Gasteiger partial charge in [-0.3, -0.25) is 9.88 Å². The molecule has 0 radical (unpaired) electrons. The monoisotopic (exact) mass is 248 g/mol. The van der Waals surface area contributed by atoms with Gasteiger partial charge in [-0.2, -0.15) is 0 Å². The molecule has 1 aromatic heterocycles. The van der Waals surface area contributed by atoms with Crippen LogP contribution in [0.3, 0.4) is 0 Å². The first-order chi connectivity index (χ1) is 8.58. The van der Waals surface area contributed by atoms with E-state index in [2.05, 4.69) is 44.9 Å². The average Bonchev–Trinajstić information content (AvgIpc) is 2.82. The maximum atomic E-state index is 5.51. The highest BCUT2D eigenvalue weighted by molar-refractivity contribution is 5.27. The SMILES string of the molecule is Cc1ccc(C2CCOC2)c(CN(C)C(C)C)n1. The molecule has 1 aliphatic heterocycles. The Labute approximate surface area is 110 Å². The molecule has 1 unspecified atom stereocenters. The second-order valence-electron chi connectivity index (χ2n) is 5.56. The van der Waals surface area contributed by atoms with Gasteiger partial charge in [0.15, 0.2) is 0 Å². The van der Waals surface area contributed by atoms with E-state index in [1.807, 2.05) is 0 Å². The van der Waals surface area contributed by atoms with E-state index in [9.17, 15) is 0 Å². The fourth-order valence-electron chi connectivity index (χ4n) is 2.32. The highest BCUT2D eigenvalue weighted by atomic mass is 16.5. The summed E-state index contributed by atoms with van der Waals surface area (Å²) >= 11 is 0. The van der Waals surface area contributed by atoms with E-state index in [-0.39, 0.29) is 0 Å². The van der Waals surface area contributed by atoms with Crippen LogP contribution in [-0.4, -0.2) is 36.2 Å². The second-order valence-corrected chi connectivity index (χ2v) is 5.56. The first-order valence-electron chi connectivity index (χ1n) is 6.82. The Morgan fingerprint density at radius 3 is 2.83 bits per heavy atom. The molecule has 1 atom stereocenters. The summed E-state index contributed by atoms with van der Waals surface area (Å²) in [6, 6.07) is 4.90. The number of aryl methyl sites for hydroxylation is 1. The standard InChI is InChI=1S/C15H24N2O/c1-11(2)17(4)9-15-14(6-5-12(3)16-15)13-7-8-18-10-13/h5-6,11,13H,7-10H2,1-4H3. The van der Waals surface area contributed by atoms with Crippen molar-refractivity contribution in [3.63, 3.8) is 0 Å². The van der Waals surface area contributed by atoms with Crippen molar-refractivity contribution in [3.8, 4) is 0 Å². The number of hydrogen-bond acceptors (Lipinski definition) is 3. The van der Waals surface area contributed by atoms with Crippen LogP contribution in [-0.2, 0) is 11.3 Å². The van der Waals surface area contributed by atoms with Crippen LogP contribution in [0.4, 0.5) is 0 Å². The molecule has 100 valence electrons. The Balaban J connectivity index is 2.22. The van der Waals surface area contributed by atoms with Gasteiger partial charge in [0.2, 0.25) is 0 Å². The van der Waals surface area contributed by atoms with Crippen molar-refractivity contribution >= 4 is 0 Å². The zero-order chi connectivity index (χ0) is 13.1. The lowest BCUT2D eigenvalue weighted by Gasteiger charge is -2.23. The lowest BCUT2D eigenvalue weighted by atomic mass is 9.96. The smallest absolute Gasteiger partial charge is 0.0582 e. The van der Waals surface area contributed by atoms with Crippen molar-refractivity contribution in [2.45, 2.75) is 45.7 Å². The largest absolute Gasteiger partial charge is 0.381 e. The Morgan fingerprint density at radius 2 is 2.22 bits per heavy atom. The molecule has 2 rings (SSSR count). The molecule has 0 aromatic carbocycles. The highest BCUT2D eigenvalue weighted by Crippen LogP contribution is 2.28. The van der Waals surface area contributed by atoms with Crippen LogP contribution in [0.25, 0.3) is 0 Å². The Morgan fingerprint density at radius 1 is 1.44 bits per heavy atom. The summed E-state index contributed by atoms with van der Waals surface area (Å²) in [6.45, 7) is 9.16. The molecule has 3 heteroatoms. The predicted octanol–water partition coefficient (Wildman–Crippen LogP) is 2.73. The first-order valence-corrected chi connectivity index (χ1v) is 6.82. The third-order valence-corrected chi connectivity index (χ3v) is 3.80. The summed E-state index contributed by atoms with van der Waals surface area (Å²) < 4.78 is 5.51. The van der Waals surface area contributed by atoms with Crippen molar-refractivity contribution in [2.24, 2.45) is 0 Å². The van der Waals surface area contributed by atoms with Gasteiger partial charge in [0.05, 0.1) is 12.3 Å². The molecule has 1 fully saturated rings. The van der Waals surface area contributed by atoms with Crippen LogP contribution >= 0.6 is 0 Å². The molecular formula is C15H24N2O. The van der Waals surface area contributed by atoms with E-state index in [4.69, 9.17) is 9.72 Å². The molecule has 0 saturated carbocycles. The van der Waals surface area contributed by atoms with Gasteiger partial charge in [0.1, 0.15) is 0 Å². The zero-order valence-electron chi connectivity index (χ0n) is 11.9. The van der Waals surface area contributed by atoms with Gasteiger partial charge in [-0.15, -0.1) is 0 Å². The van der Waals surface area contributed by atoms with Crippen molar-refractivity contribution in [1.29, 1.82) is 0 Å². The average molecular weight is 248 g/mol. The maximum Gasteiger partial charge on any atom is 0.0582 e. The molecule has 0 amide bonds. The van der Waals surface area contributed by atoms with Crippen molar-refractivity contribution < 1.29 is 4.74 Å². The van der Waals surface area contributed by atoms with Crippen molar-refractivity contribution in [3.05, 3.63) is 29.1 Å². The minimum Gasteiger partial charge on any atom is -0.381 e. The normalized spacial score (nSPS) is 20.0. The lowest BCUT2D eigenvalue weighted by Crippen LogP contribution is -2.27. The third kappa shape index (κ3) is 3.09. The third-order valence-electron chi connectivity index (χ3n) is 3.80. The number of ether oxygens (including phenoxy) is 1. The van der Waals surface area contributed by atoms with Gasteiger partial charge >= 0.3 is 0 Å². The van der Waals surface area contributed by atoms with Gasteiger partial charge in [0, 0.05) is 30.8 Å². The van der Waals surface area contributed by atoms with Crippen LogP contribution in [0.1, 0.15) is 43.1 Å². The molecule has 1 aliphatic rings. The number of rotatable bonds is 4. The fraction of sp³-hybridized carbons (Fsp3) is 0.667. The highest BCUT2D eigenvalue weighted by Gasteiger charge is 2.22. The summed E-state index contributed by atoms with van der Waals surface area (Å²) in [5, 5.41) is 0. The molecule has 0 N–H and O–H groups in total. The zero-order valence-corrected chi connectivity index (χ0v) is 11.9. The van der Waals surface area contributed by atoms with E-state index in [0.717, 1.165) is 31.9 Å². The van der Waals surface area contributed by atoms with Gasteiger partial charge in [-0.1, -0.05) is 6.07 Å². The topological polar surface area (TPSA) is 25.4 Å². The van der Waals surface area contributed by atoms with E-state index in [0.29, 0.717) is 12.0 Å². The van der Waals surface area contributed by atoms with Gasteiger partial charge < -0.3 is 4.74 Å². The summed E-state index contributed by atoms with van der Waals surface area (Å²) in [4.78, 5) is 7.08. The van der Waals surface area contributed by atoms with Crippen molar-refractivity contribution in [1.82, 2.24) is 9.88 Å². The summed E-state index contributed by atoms with van der Waals surface area (Å²) in [5.74, 6) is 0.536. The molecule has 1 saturated heterocycles. The minimum absolute atomic E-state index is 0.536. The summed E-state index contributed by atoms with van der Waals surface area (Å²) in [6.07, 6.45) is 1.13. The van der Waals surface area contributed by atoms with Gasteiger partial charge in [-0.05, 0) is 45.9 Å². The molecule has 3 nitrogen and oxygen atoms in total. The van der Waals surface area contributed by atoms with E-state index >= 15 is 0 Å². The second kappa shape index (κ2) is 5.81. The predicted molar refractivity (Wildman–Crippen MR) is 73.8 cm³/mol. The molecule has 0 aliphatic carbocycles. The van der Waals surface area contributed by atoms with Crippen LogP contribution in [0.15, 0.2) is 12.1 Å². The molecule has 1 aromatic rings. The van der Waals surface area contributed by atoms with Crippen LogP contribution in [0, 0.1) is 6.92 Å². The first kappa shape index (κ1) is 13.5. The molecule has 18 heavy (non-hydrogen) atoms. The fourth-order valence-corrected chi connectivity index (χ4v) is 2.32. The van der Waals surface area contributed by atoms with Crippen LogP contribution in [0.5, 0.6) is 0 Å². The molecule has 0 spiro atoms. The van der Waals surface area contributed by atoms with Crippen LogP contribution in [0.2, 0.25) is 0 Å². The van der Waals surface area contributed by atoms with E-state index < -0.39 is 0 Å². The Kier molecular flexibility index (Phi) is 4.36. The van der Waals surface area contributed by atoms with Crippen molar-refractivity contribution in [2.75, 3.05) is 20.3 Å². The molecule has 0 bridgehead atoms. The number of hydrogen-bond donors (Lipinski definition) is 0. The van der Waals surface area contributed by atoms with E-state index in [1.54, 1.807) is 0 Å². The van der Waals surface area contributed by atoms with E-state index in [1.165, 1.54) is 11.3 Å². The number of nitrogens with zero attached hydrogens (tertiary/aromatic N) is 2. The quantitative estimate of drug-likeness (QED) is 0.819. The molecular weight excluding hydrogens is 224 g/mol. The summed E-state index contributed by atoms with van der Waals surface area (Å²) in [7, 11) is 2.16. The Hall–Kier alpha value is -0.930. The maximum absolute atomic E-state index is 5.51. The van der Waals surface area contributed by atoms with Gasteiger partial charge in [0.25, 0.3) is 0 Å². The van der Waals surface area contributed by atoms with Crippen LogP contribution < -0.4 is 0 Å².